The highest BCUT2D eigenvalue weighted by Gasteiger charge is 2.45. The fourth-order valence-corrected chi connectivity index (χ4v) is 4.06. The third-order valence-electron chi connectivity index (χ3n) is 6.01. The molecule has 0 saturated heterocycles. The van der Waals surface area contributed by atoms with Gasteiger partial charge in [0.25, 0.3) is 0 Å². The van der Waals surface area contributed by atoms with E-state index in [2.05, 4.69) is 4.98 Å². The Kier molecular flexibility index (Phi) is 6.40. The zero-order valence-electron chi connectivity index (χ0n) is 18.2. The van der Waals surface area contributed by atoms with Crippen molar-refractivity contribution in [3.63, 3.8) is 0 Å². The zero-order chi connectivity index (χ0) is 21.7. The van der Waals surface area contributed by atoms with Crippen LogP contribution in [0.3, 0.4) is 0 Å². The number of benzene rings is 2. The molecule has 1 fully saturated rings. The Hall–Kier alpha value is -3.08. The Labute approximate surface area is 183 Å². The number of esters is 1. The lowest BCUT2D eigenvalue weighted by Crippen LogP contribution is -2.41. The predicted molar refractivity (Wildman–Crippen MR) is 119 cm³/mol. The smallest absolute Gasteiger partial charge is 0.312 e. The third kappa shape index (κ3) is 4.82. The van der Waals surface area contributed by atoms with Crippen LogP contribution < -0.4 is 4.74 Å². The van der Waals surface area contributed by atoms with Gasteiger partial charge in [-0.25, -0.2) is 4.98 Å². The van der Waals surface area contributed by atoms with Gasteiger partial charge in [-0.1, -0.05) is 36.8 Å². The second kappa shape index (κ2) is 9.38. The molecular formula is C26H29NO4. The standard InChI is InChI=1S/C26H29NO4/c1-3-29-25(28)26(15-7-16-26)18-20-10-12-22(13-11-20)30-17-14-23-19(2)31-24(27-23)21-8-5-4-6-9-21/h4-6,8-13H,3,7,14-18H2,1-2H3. The molecule has 1 heterocycles. The summed E-state index contributed by atoms with van der Waals surface area (Å²) in [5.41, 5.74) is 2.69. The van der Waals surface area contributed by atoms with Gasteiger partial charge in [-0.2, -0.15) is 0 Å². The maximum absolute atomic E-state index is 12.4. The summed E-state index contributed by atoms with van der Waals surface area (Å²) in [6, 6.07) is 17.9. The molecule has 1 aromatic heterocycles. The van der Waals surface area contributed by atoms with Gasteiger partial charge < -0.3 is 13.9 Å². The molecule has 31 heavy (non-hydrogen) atoms. The Morgan fingerprint density at radius 3 is 2.48 bits per heavy atom. The van der Waals surface area contributed by atoms with Gasteiger partial charge in [-0.05, 0) is 62.9 Å². The number of oxazole rings is 1. The Balaban J connectivity index is 1.31. The molecular weight excluding hydrogens is 390 g/mol. The van der Waals surface area contributed by atoms with Crippen LogP contribution in [0.15, 0.2) is 59.0 Å². The predicted octanol–water partition coefficient (Wildman–Crippen LogP) is 5.55. The Morgan fingerprint density at radius 1 is 1.10 bits per heavy atom. The van der Waals surface area contributed by atoms with Crippen LogP contribution in [0.1, 0.15) is 43.2 Å². The molecule has 3 aromatic rings. The first-order chi connectivity index (χ1) is 15.1. The van der Waals surface area contributed by atoms with Gasteiger partial charge in [0.05, 0.1) is 24.3 Å². The summed E-state index contributed by atoms with van der Waals surface area (Å²) in [7, 11) is 0. The summed E-state index contributed by atoms with van der Waals surface area (Å²) in [6.07, 6.45) is 4.31. The Morgan fingerprint density at radius 2 is 1.84 bits per heavy atom. The van der Waals surface area contributed by atoms with Crippen molar-refractivity contribution in [3.8, 4) is 17.2 Å². The van der Waals surface area contributed by atoms with Gasteiger partial charge in [-0.3, -0.25) is 4.79 Å². The number of carbonyl (C=O) groups is 1. The summed E-state index contributed by atoms with van der Waals surface area (Å²) < 4.78 is 17.0. The van der Waals surface area contributed by atoms with Gasteiger partial charge >= 0.3 is 5.97 Å². The summed E-state index contributed by atoms with van der Waals surface area (Å²) >= 11 is 0. The molecule has 0 amide bonds. The normalized spacial score (nSPS) is 14.6. The molecule has 0 N–H and O–H groups in total. The van der Waals surface area contributed by atoms with Crippen LogP contribution in [0.25, 0.3) is 11.5 Å². The average Bonchev–Trinajstić information content (AvgIpc) is 3.13. The van der Waals surface area contributed by atoms with E-state index in [1.54, 1.807) is 0 Å². The van der Waals surface area contributed by atoms with E-state index in [4.69, 9.17) is 13.9 Å². The first-order valence-corrected chi connectivity index (χ1v) is 11.0. The maximum atomic E-state index is 12.4. The number of hydrogen-bond donors (Lipinski definition) is 0. The van der Waals surface area contributed by atoms with E-state index in [1.165, 1.54) is 0 Å². The second-order valence-corrected chi connectivity index (χ2v) is 8.16. The highest BCUT2D eigenvalue weighted by Crippen LogP contribution is 2.45. The van der Waals surface area contributed by atoms with Crippen LogP contribution in [0.5, 0.6) is 5.75 Å². The average molecular weight is 420 g/mol. The van der Waals surface area contributed by atoms with Crippen molar-refractivity contribution in [1.29, 1.82) is 0 Å². The van der Waals surface area contributed by atoms with Crippen molar-refractivity contribution in [2.24, 2.45) is 5.41 Å². The Bertz CT molecular complexity index is 1000. The highest BCUT2D eigenvalue weighted by molar-refractivity contribution is 5.78. The quantitative estimate of drug-likeness (QED) is 0.426. The van der Waals surface area contributed by atoms with E-state index >= 15 is 0 Å². The number of aryl methyl sites for hydroxylation is 1. The van der Waals surface area contributed by atoms with Gasteiger partial charge in [-0.15, -0.1) is 0 Å². The zero-order valence-corrected chi connectivity index (χ0v) is 18.2. The second-order valence-electron chi connectivity index (χ2n) is 8.16. The minimum absolute atomic E-state index is 0.0561. The van der Waals surface area contributed by atoms with Crippen molar-refractivity contribution in [2.45, 2.75) is 46.0 Å². The number of carbonyl (C=O) groups excluding carboxylic acids is 1. The molecule has 0 spiro atoms. The number of rotatable bonds is 9. The molecule has 0 aliphatic heterocycles. The molecule has 162 valence electrons. The van der Waals surface area contributed by atoms with Crippen molar-refractivity contribution >= 4 is 5.97 Å². The molecule has 0 radical (unpaired) electrons. The fourth-order valence-electron chi connectivity index (χ4n) is 4.06. The molecule has 5 nitrogen and oxygen atoms in total. The molecule has 1 aliphatic carbocycles. The van der Waals surface area contributed by atoms with E-state index in [9.17, 15) is 4.79 Å². The minimum Gasteiger partial charge on any atom is -0.493 e. The van der Waals surface area contributed by atoms with Crippen molar-refractivity contribution < 1.29 is 18.7 Å². The molecule has 0 unspecified atom stereocenters. The van der Waals surface area contributed by atoms with Gasteiger partial charge in [0.1, 0.15) is 11.5 Å². The van der Waals surface area contributed by atoms with E-state index < -0.39 is 0 Å². The molecule has 2 aromatic carbocycles. The van der Waals surface area contributed by atoms with Gasteiger partial charge in [0.2, 0.25) is 5.89 Å². The highest BCUT2D eigenvalue weighted by atomic mass is 16.5. The van der Waals surface area contributed by atoms with Crippen LogP contribution in [0.4, 0.5) is 0 Å². The van der Waals surface area contributed by atoms with Gasteiger partial charge in [0.15, 0.2) is 0 Å². The molecule has 1 saturated carbocycles. The van der Waals surface area contributed by atoms with Crippen LogP contribution in [-0.4, -0.2) is 24.2 Å². The number of nitrogens with zero attached hydrogens (tertiary/aromatic N) is 1. The van der Waals surface area contributed by atoms with E-state index in [-0.39, 0.29) is 11.4 Å². The maximum Gasteiger partial charge on any atom is 0.312 e. The summed E-state index contributed by atoms with van der Waals surface area (Å²) in [5, 5.41) is 0. The lowest BCUT2D eigenvalue weighted by atomic mass is 9.65. The van der Waals surface area contributed by atoms with Crippen molar-refractivity contribution in [1.82, 2.24) is 4.98 Å². The topological polar surface area (TPSA) is 61.6 Å². The number of aromatic nitrogens is 1. The first kappa shape index (κ1) is 21.2. The van der Waals surface area contributed by atoms with E-state index in [0.717, 1.165) is 54.0 Å². The first-order valence-electron chi connectivity index (χ1n) is 11.0. The van der Waals surface area contributed by atoms with E-state index in [0.29, 0.717) is 25.5 Å². The largest absolute Gasteiger partial charge is 0.493 e. The minimum atomic E-state index is -0.334. The van der Waals surface area contributed by atoms with Crippen molar-refractivity contribution in [2.75, 3.05) is 13.2 Å². The molecule has 4 rings (SSSR count). The summed E-state index contributed by atoms with van der Waals surface area (Å²) in [6.45, 7) is 4.75. The lowest BCUT2D eigenvalue weighted by Gasteiger charge is -2.39. The monoisotopic (exact) mass is 419 g/mol. The van der Waals surface area contributed by atoms with Crippen LogP contribution in [0, 0.1) is 12.3 Å². The summed E-state index contributed by atoms with van der Waals surface area (Å²) in [5.74, 6) is 2.22. The molecule has 0 bridgehead atoms. The van der Waals surface area contributed by atoms with E-state index in [1.807, 2.05) is 68.4 Å². The molecule has 5 heteroatoms. The van der Waals surface area contributed by atoms with Crippen LogP contribution >= 0.6 is 0 Å². The molecule has 1 aliphatic rings. The summed E-state index contributed by atoms with van der Waals surface area (Å²) in [4.78, 5) is 17.0. The number of ether oxygens (including phenoxy) is 2. The van der Waals surface area contributed by atoms with Crippen LogP contribution in [0.2, 0.25) is 0 Å². The van der Waals surface area contributed by atoms with Gasteiger partial charge in [0, 0.05) is 12.0 Å². The lowest BCUT2D eigenvalue weighted by molar-refractivity contribution is -0.161. The van der Waals surface area contributed by atoms with Crippen LogP contribution in [-0.2, 0) is 22.4 Å². The number of hydrogen-bond acceptors (Lipinski definition) is 5. The fraction of sp³-hybridized carbons (Fsp3) is 0.385. The molecule has 0 atom stereocenters. The third-order valence-corrected chi connectivity index (χ3v) is 6.01. The SMILES string of the molecule is CCOC(=O)C1(Cc2ccc(OCCc3nc(-c4ccccc4)oc3C)cc2)CCC1. The van der Waals surface area contributed by atoms with Crippen molar-refractivity contribution in [3.05, 3.63) is 71.6 Å².